The fourth-order valence-electron chi connectivity index (χ4n) is 8.65. The smallest absolute Gasteiger partial charge is 0.449 e. The van der Waals surface area contributed by atoms with Crippen LogP contribution in [0.1, 0.15) is 177 Å². The minimum atomic E-state index is -1.32. The van der Waals surface area contributed by atoms with Gasteiger partial charge in [0.1, 0.15) is 29.4 Å². The van der Waals surface area contributed by atoms with Gasteiger partial charge in [-0.2, -0.15) is 0 Å². The number of carbonyl (C=O) groups excluding carboxylic acids is 6. The van der Waals surface area contributed by atoms with Crippen LogP contribution >= 0.6 is 0 Å². The lowest BCUT2D eigenvalue weighted by Crippen LogP contribution is -2.46. The lowest BCUT2D eigenvalue weighted by Gasteiger charge is -2.28. The summed E-state index contributed by atoms with van der Waals surface area (Å²) in [5, 5.41) is 20.0. The fourth-order valence-corrected chi connectivity index (χ4v) is 8.65. The molecule has 0 spiro atoms. The molecule has 0 bridgehead atoms. The quantitative estimate of drug-likeness (QED) is 0.0353. The number of rotatable bonds is 23. The minimum Gasteiger partial charge on any atom is -0.449 e. The van der Waals surface area contributed by atoms with E-state index in [0.717, 1.165) is 41.2 Å². The van der Waals surface area contributed by atoms with Crippen molar-refractivity contribution < 1.29 is 74.8 Å². The molecule has 26 nitrogen and oxygen atoms in total. The van der Waals surface area contributed by atoms with Crippen molar-refractivity contribution >= 4 is 35.7 Å². The van der Waals surface area contributed by atoms with Crippen molar-refractivity contribution in [3.63, 3.8) is 0 Å². The molecule has 1 unspecified atom stereocenters. The van der Waals surface area contributed by atoms with Crippen LogP contribution < -0.4 is 31.2 Å². The van der Waals surface area contributed by atoms with E-state index < -0.39 is 100 Å². The van der Waals surface area contributed by atoms with Crippen LogP contribution in [0, 0.1) is 25.5 Å². The van der Waals surface area contributed by atoms with E-state index >= 15 is 0 Å². The van der Waals surface area contributed by atoms with E-state index in [-0.39, 0.29) is 84.8 Å². The van der Waals surface area contributed by atoms with Crippen molar-refractivity contribution in [1.29, 1.82) is 0 Å². The zero-order valence-electron chi connectivity index (χ0n) is 49.0. The molecule has 4 aromatic heterocycles. The van der Waals surface area contributed by atoms with Gasteiger partial charge in [-0.25, -0.2) is 28.3 Å². The van der Waals surface area contributed by atoms with E-state index in [1.165, 1.54) is 64.3 Å². The fraction of sp³-hybridized carbons (Fsp3) is 0.474. The van der Waals surface area contributed by atoms with E-state index in [9.17, 15) is 47.1 Å². The topological polar surface area (TPSA) is 329 Å². The summed E-state index contributed by atoms with van der Waals surface area (Å²) < 4.78 is 71.1. The third-order valence-electron chi connectivity index (χ3n) is 12.9. The van der Waals surface area contributed by atoms with Gasteiger partial charge in [-0.3, -0.25) is 37.9 Å². The number of hydrogen-bond acceptors (Lipinski definition) is 22. The summed E-state index contributed by atoms with van der Waals surface area (Å²) in [4.78, 5) is 113. The van der Waals surface area contributed by atoms with Crippen LogP contribution in [0.3, 0.4) is 0 Å². The van der Waals surface area contributed by atoms with Crippen LogP contribution in [0.5, 0.6) is 11.5 Å². The van der Waals surface area contributed by atoms with Crippen LogP contribution in [0.15, 0.2) is 67.0 Å². The molecule has 2 amide bonds. The zero-order chi connectivity index (χ0) is 62.3. The van der Waals surface area contributed by atoms with Crippen LogP contribution in [-0.2, 0) is 57.0 Å². The van der Waals surface area contributed by atoms with Crippen LogP contribution in [0.25, 0.3) is 0 Å². The second-order valence-electron chi connectivity index (χ2n) is 21.0. The van der Waals surface area contributed by atoms with Gasteiger partial charge >= 0.3 is 35.9 Å². The molecule has 1 fully saturated rings. The Bertz CT molecular complexity index is 3480. The first-order valence-electron chi connectivity index (χ1n) is 27.2. The van der Waals surface area contributed by atoms with Crippen molar-refractivity contribution in [3.8, 4) is 11.5 Å². The Morgan fingerprint density at radius 1 is 0.659 bits per heavy atom. The molecule has 6 aromatic rings. The van der Waals surface area contributed by atoms with E-state index in [1.54, 1.807) is 60.6 Å². The largest absolute Gasteiger partial charge is 0.511 e. The number of aromatic nitrogens is 8. The zero-order valence-corrected chi connectivity index (χ0v) is 49.0. The van der Waals surface area contributed by atoms with Gasteiger partial charge in [-0.1, -0.05) is 37.6 Å². The molecule has 28 heteroatoms. The second-order valence-corrected chi connectivity index (χ2v) is 21.0. The molecule has 0 saturated heterocycles. The number of ether oxygens (including phenoxy) is 6. The van der Waals surface area contributed by atoms with Crippen molar-refractivity contribution in [3.05, 3.63) is 139 Å². The van der Waals surface area contributed by atoms with Gasteiger partial charge in [-0.15, -0.1) is 20.4 Å². The predicted molar refractivity (Wildman–Crippen MR) is 293 cm³/mol. The lowest BCUT2D eigenvalue weighted by atomic mass is 9.98. The molecule has 456 valence electrons. The number of amides is 2. The molecule has 7 rings (SSSR count). The molecule has 1 aliphatic rings. The Labute approximate surface area is 486 Å². The van der Waals surface area contributed by atoms with Gasteiger partial charge < -0.3 is 47.9 Å². The van der Waals surface area contributed by atoms with Gasteiger partial charge in [0.15, 0.2) is 23.0 Å². The average molecular weight is 1190 g/mol. The molecule has 2 aromatic carbocycles. The maximum atomic E-state index is 13.8. The Balaban J connectivity index is 0.000000274. The van der Waals surface area contributed by atoms with Crippen LogP contribution in [0.4, 0.5) is 18.4 Å². The Kier molecular flexibility index (Phi) is 22.0. The normalized spacial score (nSPS) is 13.0. The predicted octanol–water partition coefficient (Wildman–Crippen LogP) is 7.68. The summed E-state index contributed by atoms with van der Waals surface area (Å²) in [7, 11) is 2.79. The third kappa shape index (κ3) is 17.9. The van der Waals surface area contributed by atoms with Gasteiger partial charge in [0.05, 0.1) is 17.2 Å². The standard InChI is InChI=1S/C31H38FN5O8.C26H30FN5O8/c1-6-23(45-30(41)43-21-10-8-7-9-11-21)44-25-24(22(38)17-14-19-12-15-20(32)16-13-19)33-29(37(5)28(25)40)31(3,4)34-26(39)27-36-35-18(2)42-27;1-14(2)39-25(36)38-13-37-20-19(18(33)12-9-16-7-10-17(27)11-8-16)28-24(32(6)23(20)35)26(4,5)29-21(34)22-31-30-15(3)40-22/h12-13,15-16,21,23H,6-11,14,17H2,1-5H3,(H,34,39);7-8,10-11,14H,9,12-13H2,1-6H3,(H,29,34). The highest BCUT2D eigenvalue weighted by Gasteiger charge is 2.36. The molecule has 1 saturated carbocycles. The molecule has 85 heavy (non-hydrogen) atoms. The van der Waals surface area contributed by atoms with Crippen LogP contribution in [-0.4, -0.2) is 100 Å². The number of ketones is 2. The molecule has 2 N–H and O–H groups in total. The number of carbonyl (C=O) groups is 6. The second kappa shape index (κ2) is 28.8. The van der Waals surface area contributed by atoms with E-state index in [0.29, 0.717) is 11.1 Å². The molecule has 1 atom stereocenters. The SMILES string of the molecule is CCC(OC(=O)OC1CCCCC1)Oc1c(C(=O)CCc2ccc(F)cc2)nc(C(C)(C)NC(=O)c2nnc(C)o2)n(C)c1=O.Cc1nnc(C(=O)NC(C)(C)c2nc(C(=O)CCc3ccc(F)cc3)c(OCOC(=O)OC(C)C)c(=O)n2C)o1. The number of halogens is 2. The van der Waals surface area contributed by atoms with Crippen molar-refractivity contribution in [2.45, 2.75) is 156 Å². The first-order chi connectivity index (χ1) is 40.2. The van der Waals surface area contributed by atoms with Crippen molar-refractivity contribution in [1.82, 2.24) is 50.1 Å². The summed E-state index contributed by atoms with van der Waals surface area (Å²) in [6, 6.07) is 11.3. The highest BCUT2D eigenvalue weighted by Crippen LogP contribution is 2.27. The van der Waals surface area contributed by atoms with Gasteiger partial charge in [0.25, 0.3) is 11.1 Å². The molecule has 0 aliphatic heterocycles. The summed E-state index contributed by atoms with van der Waals surface area (Å²) in [6.07, 6.45) is 0.934. The monoisotopic (exact) mass is 1190 g/mol. The average Bonchev–Trinajstić information content (AvgIpc) is 3.87. The highest BCUT2D eigenvalue weighted by atomic mass is 19.1. The van der Waals surface area contributed by atoms with Gasteiger partial charge in [0, 0.05) is 47.2 Å². The minimum absolute atomic E-state index is 0.0136. The number of aryl methyl sites for hydroxylation is 4. The third-order valence-corrected chi connectivity index (χ3v) is 12.9. The molecule has 0 radical (unpaired) electrons. The summed E-state index contributed by atoms with van der Waals surface area (Å²) in [6.45, 7) is 13.6. The number of benzene rings is 2. The number of nitrogens with zero attached hydrogens (tertiary/aromatic N) is 8. The molecule has 4 heterocycles. The first-order valence-corrected chi connectivity index (χ1v) is 27.2. The maximum Gasteiger partial charge on any atom is 0.511 e. The highest BCUT2D eigenvalue weighted by molar-refractivity contribution is 5.97. The molecular weight excluding hydrogens is 1120 g/mol. The number of nitrogens with one attached hydrogen (secondary N) is 2. The van der Waals surface area contributed by atoms with E-state index in [2.05, 4.69) is 41.0 Å². The molecule has 1 aliphatic carbocycles. The van der Waals surface area contributed by atoms with Gasteiger partial charge in [0.2, 0.25) is 36.4 Å². The Morgan fingerprint density at radius 3 is 1.53 bits per heavy atom. The Hall–Kier alpha value is -9.24. The number of hydrogen-bond donors (Lipinski definition) is 2. The van der Waals surface area contributed by atoms with Crippen LogP contribution in [0.2, 0.25) is 0 Å². The maximum absolute atomic E-state index is 13.8. The summed E-state index contributed by atoms with van der Waals surface area (Å²) in [5.41, 5.74) is -3.42. The first kappa shape index (κ1) is 64.9. The number of Topliss-reactive ketones (excluding diaryl/α,β-unsaturated/α-hetero) is 2. The van der Waals surface area contributed by atoms with Crippen molar-refractivity contribution in [2.24, 2.45) is 14.1 Å². The summed E-state index contributed by atoms with van der Waals surface area (Å²) >= 11 is 0. The van der Waals surface area contributed by atoms with Crippen molar-refractivity contribution in [2.75, 3.05) is 6.79 Å². The lowest BCUT2D eigenvalue weighted by molar-refractivity contribution is -0.0798. The van der Waals surface area contributed by atoms with E-state index in [4.69, 9.17) is 37.3 Å². The Morgan fingerprint density at radius 2 is 1.11 bits per heavy atom. The van der Waals surface area contributed by atoms with Gasteiger partial charge in [-0.05, 0) is 115 Å². The van der Waals surface area contributed by atoms with E-state index in [1.807, 2.05) is 0 Å². The molecular formula is C57H68F2N10O16. The summed E-state index contributed by atoms with van der Waals surface area (Å²) in [5.74, 6) is -4.43.